The van der Waals surface area contributed by atoms with Crippen molar-refractivity contribution in [2.75, 3.05) is 0 Å². The van der Waals surface area contributed by atoms with E-state index in [9.17, 15) is 0 Å². The first kappa shape index (κ1) is 23.6. The van der Waals surface area contributed by atoms with E-state index in [-0.39, 0.29) is 18.3 Å². The van der Waals surface area contributed by atoms with Crippen molar-refractivity contribution in [2.24, 2.45) is 0 Å². The van der Waals surface area contributed by atoms with Crippen molar-refractivity contribution in [2.45, 2.75) is 38.9 Å². The molecule has 0 N–H and O–H groups in total. The summed E-state index contributed by atoms with van der Waals surface area (Å²) in [6.45, 7) is 8.22. The first-order valence-electron chi connectivity index (χ1n) is 10.5. The minimum atomic E-state index is -0.386. The zero-order valence-electron chi connectivity index (χ0n) is 18.5. The van der Waals surface area contributed by atoms with Crippen molar-refractivity contribution in [3.05, 3.63) is 87.3 Å². The van der Waals surface area contributed by atoms with Gasteiger partial charge in [-0.1, -0.05) is 93.7 Å². The number of halogens is 3. The molecule has 164 valence electrons. The van der Waals surface area contributed by atoms with Gasteiger partial charge in [0.05, 0.1) is 11.2 Å². The standard InChI is InChI=1S/C16H18BClO2.C10H6BrCl/c1-15(2)16(3,4)20-17(19-15)12-9-5-7-11-8-6-10-13(18)14(11)12;11-8-5-1-3-7-4-2-6-9(12)10(7)8/h5-10H,1-4H3;1-6H. The molecule has 0 spiro atoms. The quantitative estimate of drug-likeness (QED) is 0.232. The zero-order chi connectivity index (χ0) is 23.1. The van der Waals surface area contributed by atoms with Crippen LogP contribution < -0.4 is 5.46 Å². The molecule has 6 heteroatoms. The molecule has 5 rings (SSSR count). The lowest BCUT2D eigenvalue weighted by molar-refractivity contribution is 0.00578. The van der Waals surface area contributed by atoms with Crippen LogP contribution in [0.15, 0.2) is 77.3 Å². The molecule has 0 amide bonds. The summed E-state index contributed by atoms with van der Waals surface area (Å²) in [5, 5.41) is 5.88. The monoisotopic (exact) mass is 528 g/mol. The minimum absolute atomic E-state index is 0.346. The number of rotatable bonds is 1. The Morgan fingerprint density at radius 2 is 1.09 bits per heavy atom. The highest BCUT2D eigenvalue weighted by atomic mass is 79.9. The van der Waals surface area contributed by atoms with Gasteiger partial charge in [-0.3, -0.25) is 0 Å². The van der Waals surface area contributed by atoms with Crippen molar-refractivity contribution in [3.63, 3.8) is 0 Å². The van der Waals surface area contributed by atoms with E-state index in [4.69, 9.17) is 32.5 Å². The Hall–Kier alpha value is -1.56. The summed E-state index contributed by atoms with van der Waals surface area (Å²) in [5.74, 6) is 0. The van der Waals surface area contributed by atoms with Crippen molar-refractivity contribution in [1.82, 2.24) is 0 Å². The lowest BCUT2D eigenvalue weighted by Crippen LogP contribution is -2.41. The van der Waals surface area contributed by atoms with E-state index in [1.54, 1.807) is 0 Å². The average Bonchev–Trinajstić information content (AvgIpc) is 2.95. The van der Waals surface area contributed by atoms with Crippen molar-refractivity contribution >= 4 is 73.3 Å². The van der Waals surface area contributed by atoms with Crippen LogP contribution in [0.2, 0.25) is 10.0 Å². The Balaban J connectivity index is 0.000000174. The molecule has 0 atom stereocenters. The van der Waals surface area contributed by atoms with Gasteiger partial charge in [0.2, 0.25) is 0 Å². The van der Waals surface area contributed by atoms with Crippen LogP contribution >= 0.6 is 39.1 Å². The van der Waals surface area contributed by atoms with Gasteiger partial charge in [-0.2, -0.15) is 0 Å². The molecule has 1 fully saturated rings. The van der Waals surface area contributed by atoms with E-state index < -0.39 is 0 Å². The largest absolute Gasteiger partial charge is 0.495 e. The van der Waals surface area contributed by atoms with E-state index in [1.165, 1.54) is 0 Å². The van der Waals surface area contributed by atoms with E-state index in [0.717, 1.165) is 41.5 Å². The van der Waals surface area contributed by atoms with Crippen LogP contribution in [0.4, 0.5) is 0 Å². The van der Waals surface area contributed by atoms with Crippen LogP contribution in [0.3, 0.4) is 0 Å². The summed E-state index contributed by atoms with van der Waals surface area (Å²) in [4.78, 5) is 0. The second kappa shape index (κ2) is 9.00. The number of benzene rings is 4. The van der Waals surface area contributed by atoms with Crippen LogP contribution in [0, 0.1) is 0 Å². The van der Waals surface area contributed by atoms with Crippen LogP contribution in [-0.2, 0) is 9.31 Å². The van der Waals surface area contributed by atoms with Gasteiger partial charge in [0.15, 0.2) is 0 Å². The van der Waals surface area contributed by atoms with Gasteiger partial charge in [0, 0.05) is 25.3 Å². The highest BCUT2D eigenvalue weighted by Gasteiger charge is 2.52. The van der Waals surface area contributed by atoms with Crippen molar-refractivity contribution in [3.8, 4) is 0 Å². The van der Waals surface area contributed by atoms with Crippen molar-refractivity contribution < 1.29 is 9.31 Å². The molecule has 0 radical (unpaired) electrons. The maximum absolute atomic E-state index is 6.37. The Morgan fingerprint density at radius 1 is 0.656 bits per heavy atom. The lowest BCUT2D eigenvalue weighted by atomic mass is 9.76. The molecular formula is C26H24BBrCl2O2. The fourth-order valence-corrected chi connectivity index (χ4v) is 5.02. The Bertz CT molecular complexity index is 1230. The SMILES string of the molecule is CC1(C)OB(c2cccc3cccc(Cl)c23)OC1(C)C.Clc1cccc2cccc(Br)c12. The van der Waals surface area contributed by atoms with Gasteiger partial charge in [-0.25, -0.2) is 0 Å². The maximum Gasteiger partial charge on any atom is 0.495 e. The van der Waals surface area contributed by atoms with Gasteiger partial charge in [-0.15, -0.1) is 0 Å². The molecule has 1 saturated heterocycles. The lowest BCUT2D eigenvalue weighted by Gasteiger charge is -2.32. The normalized spacial score (nSPS) is 16.8. The summed E-state index contributed by atoms with van der Waals surface area (Å²) in [7, 11) is -0.386. The predicted octanol–water partition coefficient (Wildman–Crippen LogP) is 8.05. The Kier molecular flexibility index (Phi) is 6.64. The van der Waals surface area contributed by atoms with Crippen LogP contribution in [0.25, 0.3) is 21.5 Å². The molecule has 0 aromatic heterocycles. The third kappa shape index (κ3) is 4.44. The summed E-state index contributed by atoms with van der Waals surface area (Å²) in [5.41, 5.74) is 0.300. The first-order chi connectivity index (χ1) is 15.1. The van der Waals surface area contributed by atoms with Gasteiger partial charge in [-0.05, 0) is 62.1 Å². The molecular weight excluding hydrogens is 506 g/mol. The van der Waals surface area contributed by atoms with E-state index >= 15 is 0 Å². The van der Waals surface area contributed by atoms with Gasteiger partial charge in [0.25, 0.3) is 0 Å². The van der Waals surface area contributed by atoms with Gasteiger partial charge >= 0.3 is 7.12 Å². The van der Waals surface area contributed by atoms with Gasteiger partial charge < -0.3 is 9.31 Å². The second-order valence-electron chi connectivity index (χ2n) is 8.85. The summed E-state index contributed by atoms with van der Waals surface area (Å²) >= 11 is 15.9. The summed E-state index contributed by atoms with van der Waals surface area (Å²) < 4.78 is 13.3. The van der Waals surface area contributed by atoms with E-state index in [0.29, 0.717) is 0 Å². The number of hydrogen-bond acceptors (Lipinski definition) is 2. The molecule has 2 nitrogen and oxygen atoms in total. The average molecular weight is 530 g/mol. The molecule has 4 aromatic rings. The topological polar surface area (TPSA) is 18.5 Å². The second-order valence-corrected chi connectivity index (χ2v) is 10.5. The van der Waals surface area contributed by atoms with Crippen LogP contribution in [-0.4, -0.2) is 18.3 Å². The van der Waals surface area contributed by atoms with Crippen LogP contribution in [0.5, 0.6) is 0 Å². The molecule has 1 aliphatic heterocycles. The van der Waals surface area contributed by atoms with Gasteiger partial charge in [0.1, 0.15) is 0 Å². The summed E-state index contributed by atoms with van der Waals surface area (Å²) in [6.07, 6.45) is 0. The summed E-state index contributed by atoms with van der Waals surface area (Å²) in [6, 6.07) is 23.9. The molecule has 0 aliphatic carbocycles. The fourth-order valence-electron chi connectivity index (χ4n) is 3.74. The smallest absolute Gasteiger partial charge is 0.399 e. The zero-order valence-corrected chi connectivity index (χ0v) is 21.6. The first-order valence-corrected chi connectivity index (χ1v) is 12.0. The fraction of sp³-hybridized carbons (Fsp3) is 0.231. The Morgan fingerprint density at radius 3 is 1.62 bits per heavy atom. The highest BCUT2D eigenvalue weighted by Crippen LogP contribution is 2.37. The molecule has 0 saturated carbocycles. The third-order valence-corrected chi connectivity index (χ3v) is 7.49. The minimum Gasteiger partial charge on any atom is -0.399 e. The maximum atomic E-state index is 6.37. The Labute approximate surface area is 208 Å². The molecule has 0 bridgehead atoms. The number of hydrogen-bond donors (Lipinski definition) is 0. The van der Waals surface area contributed by atoms with Crippen LogP contribution in [0.1, 0.15) is 27.7 Å². The molecule has 0 unspecified atom stereocenters. The molecule has 1 heterocycles. The molecule has 32 heavy (non-hydrogen) atoms. The molecule has 1 aliphatic rings. The van der Waals surface area contributed by atoms with E-state index in [1.807, 2.05) is 60.7 Å². The van der Waals surface area contributed by atoms with E-state index in [2.05, 4.69) is 55.8 Å². The molecule has 4 aromatic carbocycles. The predicted molar refractivity (Wildman–Crippen MR) is 141 cm³/mol. The third-order valence-electron chi connectivity index (χ3n) is 6.20. The van der Waals surface area contributed by atoms with Crippen molar-refractivity contribution in [1.29, 1.82) is 0 Å². The highest BCUT2D eigenvalue weighted by molar-refractivity contribution is 9.10. The number of fused-ring (bicyclic) bond motifs is 2.